The van der Waals surface area contributed by atoms with Crippen LogP contribution in [0.2, 0.25) is 0 Å². The van der Waals surface area contributed by atoms with Crippen LogP contribution in [0.3, 0.4) is 0 Å². The van der Waals surface area contributed by atoms with Crippen LogP contribution in [0, 0.1) is 6.92 Å². The second kappa shape index (κ2) is 5.43. The summed E-state index contributed by atoms with van der Waals surface area (Å²) in [5, 5.41) is 3.45. The van der Waals surface area contributed by atoms with E-state index in [0.29, 0.717) is 12.1 Å². The average Bonchev–Trinajstić information content (AvgIpc) is 3.13. The Morgan fingerprint density at radius 3 is 2.95 bits per heavy atom. The summed E-state index contributed by atoms with van der Waals surface area (Å²) in [4.78, 5) is 7.39. The molecule has 0 aliphatic carbocycles. The van der Waals surface area contributed by atoms with Crippen LogP contribution in [0.25, 0.3) is 11.1 Å². The topological polar surface area (TPSA) is 41.3 Å². The molecule has 1 aromatic carbocycles. The minimum absolute atomic E-state index is 0.376. The summed E-state index contributed by atoms with van der Waals surface area (Å²) >= 11 is 0. The van der Waals surface area contributed by atoms with Crippen molar-refractivity contribution in [3.63, 3.8) is 0 Å². The molecule has 3 heterocycles. The monoisotopic (exact) mass is 285 g/mol. The Labute approximate surface area is 125 Å². The molecule has 2 aliphatic heterocycles. The van der Waals surface area contributed by atoms with Gasteiger partial charge in [-0.1, -0.05) is 6.07 Å². The molecular weight excluding hydrogens is 262 g/mol. The van der Waals surface area contributed by atoms with Gasteiger partial charge in [0.05, 0.1) is 6.04 Å². The molecule has 4 heteroatoms. The van der Waals surface area contributed by atoms with E-state index in [0.717, 1.165) is 30.1 Å². The third-order valence-corrected chi connectivity index (χ3v) is 4.92. The summed E-state index contributed by atoms with van der Waals surface area (Å²) < 4.78 is 6.09. The van der Waals surface area contributed by atoms with Crippen molar-refractivity contribution in [1.29, 1.82) is 0 Å². The number of oxazole rings is 1. The zero-order chi connectivity index (χ0) is 14.2. The highest BCUT2D eigenvalue weighted by Gasteiger charge is 2.35. The highest BCUT2D eigenvalue weighted by atomic mass is 16.3. The molecule has 1 N–H and O–H groups in total. The van der Waals surface area contributed by atoms with Gasteiger partial charge in [-0.05, 0) is 69.9 Å². The molecule has 0 spiro atoms. The van der Waals surface area contributed by atoms with Crippen LogP contribution in [0.4, 0.5) is 0 Å². The van der Waals surface area contributed by atoms with E-state index >= 15 is 0 Å². The molecule has 112 valence electrons. The van der Waals surface area contributed by atoms with Crippen molar-refractivity contribution in [3.05, 3.63) is 29.7 Å². The molecule has 2 aromatic rings. The number of nitrogens with zero attached hydrogens (tertiary/aromatic N) is 2. The van der Waals surface area contributed by atoms with Crippen molar-refractivity contribution < 1.29 is 4.42 Å². The third kappa shape index (κ3) is 2.47. The first-order valence-corrected chi connectivity index (χ1v) is 8.15. The Morgan fingerprint density at radius 2 is 2.10 bits per heavy atom. The highest BCUT2D eigenvalue weighted by molar-refractivity contribution is 5.73. The molecule has 21 heavy (non-hydrogen) atoms. The van der Waals surface area contributed by atoms with Crippen molar-refractivity contribution in [2.45, 2.75) is 44.7 Å². The highest BCUT2D eigenvalue weighted by Crippen LogP contribution is 2.36. The van der Waals surface area contributed by atoms with Crippen molar-refractivity contribution in [2.75, 3.05) is 19.6 Å². The van der Waals surface area contributed by atoms with Gasteiger partial charge in [-0.2, -0.15) is 0 Å². The van der Waals surface area contributed by atoms with Crippen LogP contribution >= 0.6 is 0 Å². The van der Waals surface area contributed by atoms with Crippen molar-refractivity contribution in [2.24, 2.45) is 0 Å². The maximum Gasteiger partial charge on any atom is 0.212 e. The molecule has 4 nitrogen and oxygen atoms in total. The number of fused-ring (bicyclic) bond motifs is 1. The summed E-state index contributed by atoms with van der Waals surface area (Å²) in [7, 11) is 0. The van der Waals surface area contributed by atoms with E-state index < -0.39 is 0 Å². The van der Waals surface area contributed by atoms with E-state index in [1.807, 2.05) is 0 Å². The lowest BCUT2D eigenvalue weighted by Crippen LogP contribution is -2.42. The van der Waals surface area contributed by atoms with Crippen LogP contribution in [0.5, 0.6) is 0 Å². The van der Waals surface area contributed by atoms with Gasteiger partial charge in [0, 0.05) is 6.04 Å². The minimum atomic E-state index is 0.376. The molecule has 1 aromatic heterocycles. The Kier molecular flexibility index (Phi) is 3.43. The Balaban J connectivity index is 1.63. The van der Waals surface area contributed by atoms with E-state index in [1.54, 1.807) is 0 Å². The number of hydrogen-bond donors (Lipinski definition) is 1. The quantitative estimate of drug-likeness (QED) is 0.921. The van der Waals surface area contributed by atoms with Gasteiger partial charge >= 0.3 is 0 Å². The van der Waals surface area contributed by atoms with Crippen molar-refractivity contribution in [3.8, 4) is 0 Å². The van der Waals surface area contributed by atoms with Gasteiger partial charge < -0.3 is 9.73 Å². The van der Waals surface area contributed by atoms with Gasteiger partial charge in [-0.3, -0.25) is 4.90 Å². The van der Waals surface area contributed by atoms with E-state index in [2.05, 4.69) is 35.3 Å². The molecular formula is C17H23N3O. The predicted molar refractivity (Wildman–Crippen MR) is 83.3 cm³/mol. The molecule has 1 atom stereocenters. The lowest BCUT2D eigenvalue weighted by Gasteiger charge is -2.34. The first kappa shape index (κ1) is 13.3. The first-order chi connectivity index (χ1) is 10.3. The number of likely N-dealkylation sites (tertiary alicyclic amines) is 1. The fraction of sp³-hybridized carbons (Fsp3) is 0.588. The molecule has 0 bridgehead atoms. The van der Waals surface area contributed by atoms with Gasteiger partial charge in [0.1, 0.15) is 5.52 Å². The summed E-state index contributed by atoms with van der Waals surface area (Å²) in [6.45, 7) is 5.56. The van der Waals surface area contributed by atoms with Gasteiger partial charge in [0.15, 0.2) is 5.58 Å². The largest absolute Gasteiger partial charge is 0.439 e. The number of hydrogen-bond acceptors (Lipinski definition) is 4. The maximum atomic E-state index is 6.09. The van der Waals surface area contributed by atoms with Gasteiger partial charge in [-0.25, -0.2) is 4.98 Å². The van der Waals surface area contributed by atoms with Crippen molar-refractivity contribution >= 4 is 11.1 Å². The number of aryl methyl sites for hydroxylation is 1. The van der Waals surface area contributed by atoms with Gasteiger partial charge in [0.25, 0.3) is 0 Å². The normalized spacial score (nSPS) is 24.9. The summed E-state index contributed by atoms with van der Waals surface area (Å²) in [5.74, 6) is 0.923. The molecule has 0 saturated carbocycles. The minimum Gasteiger partial charge on any atom is -0.439 e. The number of aromatic nitrogens is 1. The van der Waals surface area contributed by atoms with Crippen molar-refractivity contribution in [1.82, 2.24) is 15.2 Å². The number of piperidine rings is 1. The van der Waals surface area contributed by atoms with Crippen LogP contribution in [0.15, 0.2) is 22.6 Å². The smallest absolute Gasteiger partial charge is 0.212 e. The maximum absolute atomic E-state index is 6.09. The van der Waals surface area contributed by atoms with E-state index in [1.165, 1.54) is 37.8 Å². The van der Waals surface area contributed by atoms with Gasteiger partial charge in [-0.15, -0.1) is 0 Å². The fourth-order valence-electron chi connectivity index (χ4n) is 3.82. The van der Waals surface area contributed by atoms with Crippen LogP contribution in [0.1, 0.15) is 43.2 Å². The summed E-state index contributed by atoms with van der Waals surface area (Å²) in [6, 6.07) is 7.33. The Bertz CT molecular complexity index is 630. The molecule has 0 amide bonds. The SMILES string of the molecule is Cc1ccc2nc(C3CCCN3C3CCNCC3)oc2c1. The summed E-state index contributed by atoms with van der Waals surface area (Å²) in [6.07, 6.45) is 4.92. The second-order valence-electron chi connectivity index (χ2n) is 6.40. The molecule has 0 radical (unpaired) electrons. The Morgan fingerprint density at radius 1 is 1.24 bits per heavy atom. The second-order valence-corrected chi connectivity index (χ2v) is 6.40. The first-order valence-electron chi connectivity index (χ1n) is 8.15. The van der Waals surface area contributed by atoms with Crippen LogP contribution in [-0.2, 0) is 0 Å². The standard InChI is InChI=1S/C17H23N3O/c1-12-4-5-14-16(11-12)21-17(19-14)15-3-2-10-20(15)13-6-8-18-9-7-13/h4-5,11,13,15,18H,2-3,6-10H2,1H3. The number of benzene rings is 1. The molecule has 2 fully saturated rings. The third-order valence-electron chi connectivity index (χ3n) is 4.92. The summed E-state index contributed by atoms with van der Waals surface area (Å²) in [5.41, 5.74) is 3.15. The zero-order valence-electron chi connectivity index (χ0n) is 12.6. The molecule has 2 aliphatic rings. The van der Waals surface area contributed by atoms with Crippen LogP contribution in [-0.4, -0.2) is 35.6 Å². The lowest BCUT2D eigenvalue weighted by molar-refractivity contribution is 0.132. The molecule has 1 unspecified atom stereocenters. The van der Waals surface area contributed by atoms with E-state index in [4.69, 9.17) is 9.40 Å². The zero-order valence-corrected chi connectivity index (χ0v) is 12.6. The van der Waals surface area contributed by atoms with Crippen LogP contribution < -0.4 is 5.32 Å². The fourth-order valence-corrected chi connectivity index (χ4v) is 3.82. The van der Waals surface area contributed by atoms with E-state index in [9.17, 15) is 0 Å². The predicted octanol–water partition coefficient (Wildman–Crippen LogP) is 3.03. The van der Waals surface area contributed by atoms with Gasteiger partial charge in [0.2, 0.25) is 5.89 Å². The Hall–Kier alpha value is -1.39. The number of nitrogens with one attached hydrogen (secondary N) is 1. The molecule has 4 rings (SSSR count). The lowest BCUT2D eigenvalue weighted by atomic mass is 10.0. The molecule has 2 saturated heterocycles. The van der Waals surface area contributed by atoms with E-state index in [-0.39, 0.29) is 0 Å². The number of rotatable bonds is 2. The average molecular weight is 285 g/mol.